The van der Waals surface area contributed by atoms with Gasteiger partial charge in [0.2, 0.25) is 0 Å². The maximum Gasteiger partial charge on any atom is 0.319 e. The summed E-state index contributed by atoms with van der Waals surface area (Å²) in [5.41, 5.74) is 6.21. The number of aryl methyl sites for hydroxylation is 3. The molecule has 0 aliphatic rings. The minimum Gasteiger partial charge on any atom is -0.345 e. The van der Waals surface area contributed by atoms with E-state index in [-0.39, 0.29) is 5.69 Å². The first kappa shape index (κ1) is 18.7. The third kappa shape index (κ3) is 4.56. The van der Waals surface area contributed by atoms with Gasteiger partial charge >= 0.3 is 6.03 Å². The summed E-state index contributed by atoms with van der Waals surface area (Å²) in [6, 6.07) is 14.0. The van der Waals surface area contributed by atoms with Gasteiger partial charge in [-0.2, -0.15) is 0 Å². The maximum atomic E-state index is 13.6. The normalized spacial score (nSPS) is 10.7. The molecule has 2 aromatic carbocycles. The number of hydrogen-bond acceptors (Lipinski definition) is 1. The molecule has 3 aromatic rings. The number of amides is 2. The Morgan fingerprint density at radius 3 is 2.44 bits per heavy atom. The van der Waals surface area contributed by atoms with E-state index in [4.69, 9.17) is 0 Å². The van der Waals surface area contributed by atoms with Gasteiger partial charge in [-0.05, 0) is 61.7 Å². The first-order valence-corrected chi connectivity index (χ1v) is 8.94. The maximum absolute atomic E-state index is 13.6. The highest BCUT2D eigenvalue weighted by Gasteiger charge is 2.10. The van der Waals surface area contributed by atoms with Crippen LogP contribution in [-0.2, 0) is 13.1 Å². The molecule has 1 heterocycles. The minimum absolute atomic E-state index is 0.163. The van der Waals surface area contributed by atoms with Gasteiger partial charge in [-0.1, -0.05) is 29.8 Å². The zero-order valence-corrected chi connectivity index (χ0v) is 15.8. The van der Waals surface area contributed by atoms with Crippen LogP contribution in [0.5, 0.6) is 0 Å². The summed E-state index contributed by atoms with van der Waals surface area (Å²) in [4.78, 5) is 12.1. The zero-order valence-electron chi connectivity index (χ0n) is 15.8. The van der Waals surface area contributed by atoms with Gasteiger partial charge in [0, 0.05) is 18.4 Å². The van der Waals surface area contributed by atoms with Crippen LogP contribution in [0.4, 0.5) is 14.9 Å². The summed E-state index contributed by atoms with van der Waals surface area (Å²) in [5, 5.41) is 5.32. The van der Waals surface area contributed by atoms with Crippen LogP contribution >= 0.6 is 0 Å². The van der Waals surface area contributed by atoms with Crippen molar-refractivity contribution in [3.8, 4) is 0 Å². The quantitative estimate of drug-likeness (QED) is 0.662. The van der Waals surface area contributed by atoms with Crippen molar-refractivity contribution >= 4 is 11.7 Å². The largest absolute Gasteiger partial charge is 0.345 e. The van der Waals surface area contributed by atoms with E-state index >= 15 is 0 Å². The summed E-state index contributed by atoms with van der Waals surface area (Å²) in [6.45, 7) is 7.45. The van der Waals surface area contributed by atoms with Crippen LogP contribution in [0.25, 0.3) is 0 Å². The molecule has 1 aromatic heterocycles. The fourth-order valence-corrected chi connectivity index (χ4v) is 3.29. The lowest BCUT2D eigenvalue weighted by molar-refractivity contribution is 0.251. The molecular weight excluding hydrogens is 341 g/mol. The van der Waals surface area contributed by atoms with E-state index in [1.165, 1.54) is 34.4 Å². The van der Waals surface area contributed by atoms with Crippen molar-refractivity contribution in [3.63, 3.8) is 0 Å². The Morgan fingerprint density at radius 2 is 1.74 bits per heavy atom. The molecule has 140 valence electrons. The summed E-state index contributed by atoms with van der Waals surface area (Å²) < 4.78 is 15.7. The number of carbonyl (C=O) groups excluding carboxylic acids is 1. The molecule has 2 amide bonds. The second kappa shape index (κ2) is 8.08. The Morgan fingerprint density at radius 1 is 1.04 bits per heavy atom. The van der Waals surface area contributed by atoms with E-state index < -0.39 is 11.8 Å². The van der Waals surface area contributed by atoms with Crippen molar-refractivity contribution in [2.45, 2.75) is 33.9 Å². The Balaban J connectivity index is 1.66. The van der Waals surface area contributed by atoms with E-state index in [9.17, 15) is 9.18 Å². The van der Waals surface area contributed by atoms with Gasteiger partial charge in [0.1, 0.15) is 5.82 Å². The van der Waals surface area contributed by atoms with Crippen molar-refractivity contribution in [2.75, 3.05) is 5.32 Å². The van der Waals surface area contributed by atoms with Crippen molar-refractivity contribution in [3.05, 3.63) is 88.5 Å². The molecule has 0 radical (unpaired) electrons. The highest BCUT2D eigenvalue weighted by atomic mass is 19.1. The van der Waals surface area contributed by atoms with Gasteiger partial charge in [0.05, 0.1) is 12.2 Å². The van der Waals surface area contributed by atoms with Gasteiger partial charge in [-0.15, -0.1) is 0 Å². The molecule has 0 spiro atoms. The Labute approximate surface area is 159 Å². The molecule has 27 heavy (non-hydrogen) atoms. The van der Waals surface area contributed by atoms with Gasteiger partial charge in [-0.3, -0.25) is 0 Å². The Hall–Kier alpha value is -3.08. The molecular formula is C22H24FN3O. The molecule has 0 aliphatic carbocycles. The SMILES string of the molecule is Cc1cc(C)c(Cn2cccc2CNC(=O)Nc2ccccc2F)c(C)c1. The number of anilines is 1. The van der Waals surface area contributed by atoms with Crippen molar-refractivity contribution < 1.29 is 9.18 Å². The second-order valence-corrected chi connectivity index (χ2v) is 6.79. The second-order valence-electron chi connectivity index (χ2n) is 6.79. The summed E-state index contributed by atoms with van der Waals surface area (Å²) >= 11 is 0. The van der Waals surface area contributed by atoms with E-state index in [2.05, 4.69) is 48.1 Å². The fourth-order valence-electron chi connectivity index (χ4n) is 3.29. The predicted octanol–water partition coefficient (Wildman–Crippen LogP) is 4.92. The van der Waals surface area contributed by atoms with Crippen LogP contribution in [-0.4, -0.2) is 10.6 Å². The fraction of sp³-hybridized carbons (Fsp3) is 0.227. The Kier molecular flexibility index (Phi) is 5.60. The molecule has 0 bridgehead atoms. The minimum atomic E-state index is -0.457. The van der Waals surface area contributed by atoms with Crippen molar-refractivity contribution in [1.29, 1.82) is 0 Å². The molecule has 4 nitrogen and oxygen atoms in total. The number of urea groups is 1. The molecule has 0 saturated carbocycles. The van der Waals surface area contributed by atoms with E-state index in [1.807, 2.05) is 18.3 Å². The molecule has 2 N–H and O–H groups in total. The molecule has 0 saturated heterocycles. The lowest BCUT2D eigenvalue weighted by atomic mass is 10.00. The number of rotatable bonds is 5. The van der Waals surface area contributed by atoms with E-state index in [0.29, 0.717) is 6.54 Å². The number of halogens is 1. The van der Waals surface area contributed by atoms with E-state index in [1.54, 1.807) is 12.1 Å². The monoisotopic (exact) mass is 365 g/mol. The van der Waals surface area contributed by atoms with Gasteiger partial charge in [0.15, 0.2) is 0 Å². The molecule has 0 atom stereocenters. The number of hydrogen-bond donors (Lipinski definition) is 2. The smallest absolute Gasteiger partial charge is 0.319 e. The number of carbonyl (C=O) groups is 1. The molecule has 0 aliphatic heterocycles. The average Bonchev–Trinajstić information content (AvgIpc) is 3.05. The van der Waals surface area contributed by atoms with Crippen LogP contribution in [0.15, 0.2) is 54.7 Å². The Bertz CT molecular complexity index is 939. The first-order valence-electron chi connectivity index (χ1n) is 8.94. The summed E-state index contributed by atoms with van der Waals surface area (Å²) in [5.74, 6) is -0.457. The number of aromatic nitrogens is 1. The lowest BCUT2D eigenvalue weighted by Gasteiger charge is -2.15. The van der Waals surface area contributed by atoms with Crippen LogP contribution in [0.3, 0.4) is 0 Å². The highest BCUT2D eigenvalue weighted by molar-refractivity contribution is 5.89. The molecule has 0 fully saturated rings. The topological polar surface area (TPSA) is 46.1 Å². The summed E-state index contributed by atoms with van der Waals surface area (Å²) in [6.07, 6.45) is 2.00. The number of benzene rings is 2. The van der Waals surface area contributed by atoms with Crippen LogP contribution in [0.2, 0.25) is 0 Å². The number of nitrogens with one attached hydrogen (secondary N) is 2. The predicted molar refractivity (Wildman–Crippen MR) is 106 cm³/mol. The zero-order chi connectivity index (χ0) is 19.4. The third-order valence-corrected chi connectivity index (χ3v) is 4.64. The number of nitrogens with zero attached hydrogens (tertiary/aromatic N) is 1. The van der Waals surface area contributed by atoms with Gasteiger partial charge < -0.3 is 15.2 Å². The van der Waals surface area contributed by atoms with E-state index in [0.717, 1.165) is 12.2 Å². The van der Waals surface area contributed by atoms with Crippen LogP contribution in [0.1, 0.15) is 27.9 Å². The average molecular weight is 365 g/mol. The van der Waals surface area contributed by atoms with Crippen molar-refractivity contribution in [2.24, 2.45) is 0 Å². The van der Waals surface area contributed by atoms with Crippen molar-refractivity contribution in [1.82, 2.24) is 9.88 Å². The third-order valence-electron chi connectivity index (χ3n) is 4.64. The van der Waals surface area contributed by atoms with Crippen LogP contribution < -0.4 is 10.6 Å². The molecule has 3 rings (SSSR count). The lowest BCUT2D eigenvalue weighted by Crippen LogP contribution is -2.29. The van der Waals surface area contributed by atoms with Gasteiger partial charge in [-0.25, -0.2) is 9.18 Å². The molecule has 0 unspecified atom stereocenters. The highest BCUT2D eigenvalue weighted by Crippen LogP contribution is 2.19. The standard InChI is InChI=1S/C22H24FN3O/c1-15-11-16(2)19(17(3)12-15)14-26-10-6-7-18(26)13-24-22(27)25-21-9-5-4-8-20(21)23/h4-12H,13-14H2,1-3H3,(H2,24,25,27). The van der Waals surface area contributed by atoms with Crippen LogP contribution in [0, 0.1) is 26.6 Å². The summed E-state index contributed by atoms with van der Waals surface area (Å²) in [7, 11) is 0. The molecule has 5 heteroatoms. The first-order chi connectivity index (χ1) is 12.9. The number of para-hydroxylation sites is 1. The van der Waals surface area contributed by atoms with Gasteiger partial charge in [0.25, 0.3) is 0 Å².